The molecular weight excluding hydrogens is 410 g/mol. The van der Waals surface area contributed by atoms with E-state index in [-0.39, 0.29) is 16.6 Å². The van der Waals surface area contributed by atoms with Crippen molar-refractivity contribution in [2.75, 3.05) is 17.8 Å². The lowest BCUT2D eigenvalue weighted by Gasteiger charge is -2.13. The number of hydrogen-bond acceptors (Lipinski definition) is 6. The Balaban J connectivity index is 1.63. The van der Waals surface area contributed by atoms with Gasteiger partial charge in [0.2, 0.25) is 0 Å². The lowest BCUT2D eigenvalue weighted by atomic mass is 10.3. The number of anilines is 1. The number of thiazole rings is 1. The maximum atomic E-state index is 12.7. The Morgan fingerprint density at radius 2 is 2.00 bits per heavy atom. The number of aryl methyl sites for hydroxylation is 2. The molecule has 4 rings (SSSR count). The molecule has 1 N–H and O–H groups in total. The van der Waals surface area contributed by atoms with Gasteiger partial charge in [0.05, 0.1) is 11.4 Å². The maximum Gasteiger partial charge on any atom is 0.265 e. The van der Waals surface area contributed by atoms with Crippen LogP contribution < -0.4 is 4.72 Å². The molecule has 1 aliphatic rings. The monoisotopic (exact) mass is 431 g/mol. The molecule has 152 valence electrons. The van der Waals surface area contributed by atoms with E-state index >= 15 is 0 Å². The summed E-state index contributed by atoms with van der Waals surface area (Å²) in [4.78, 5) is 23.8. The van der Waals surface area contributed by atoms with Crippen molar-refractivity contribution in [1.82, 2.24) is 19.4 Å². The average Bonchev–Trinajstić information content (AvgIpc) is 3.41. The quantitative estimate of drug-likeness (QED) is 0.670. The third-order valence-electron chi connectivity index (χ3n) is 4.80. The first-order valence-corrected chi connectivity index (χ1v) is 11.5. The molecule has 0 atom stereocenters. The Morgan fingerprint density at radius 3 is 2.69 bits per heavy atom. The molecule has 3 aromatic heterocycles. The van der Waals surface area contributed by atoms with Crippen LogP contribution in [-0.4, -0.2) is 46.8 Å². The third-order valence-corrected chi connectivity index (χ3v) is 7.29. The fraction of sp³-hybridized carbons (Fsp3) is 0.316. The van der Waals surface area contributed by atoms with Gasteiger partial charge in [0.15, 0.2) is 0 Å². The molecule has 0 bridgehead atoms. The van der Waals surface area contributed by atoms with Gasteiger partial charge in [-0.25, -0.2) is 18.4 Å². The summed E-state index contributed by atoms with van der Waals surface area (Å²) in [6.45, 7) is 3.36. The van der Waals surface area contributed by atoms with Gasteiger partial charge in [-0.1, -0.05) is 6.07 Å². The average molecular weight is 432 g/mol. The number of rotatable bonds is 5. The molecule has 10 heteroatoms. The molecule has 0 spiro atoms. The largest absolute Gasteiger partial charge is 0.347 e. The molecule has 0 radical (unpaired) electrons. The number of amides is 1. The first-order chi connectivity index (χ1) is 13.8. The van der Waals surface area contributed by atoms with Crippen LogP contribution in [0, 0.1) is 6.92 Å². The summed E-state index contributed by atoms with van der Waals surface area (Å²) in [6, 6.07) is 6.57. The molecule has 0 aliphatic carbocycles. The number of pyridine rings is 1. The zero-order valence-corrected chi connectivity index (χ0v) is 17.8. The summed E-state index contributed by atoms with van der Waals surface area (Å²) in [6.07, 6.45) is 5.10. The smallest absolute Gasteiger partial charge is 0.265 e. The van der Waals surface area contributed by atoms with Crippen molar-refractivity contribution in [3.8, 4) is 10.7 Å². The second-order valence-electron chi connectivity index (χ2n) is 6.93. The number of carbonyl (C=O) groups is 1. The van der Waals surface area contributed by atoms with Gasteiger partial charge in [0, 0.05) is 32.5 Å². The molecule has 8 nitrogen and oxygen atoms in total. The number of nitrogens with zero attached hydrogens (tertiary/aromatic N) is 4. The lowest BCUT2D eigenvalue weighted by Crippen LogP contribution is -2.27. The summed E-state index contributed by atoms with van der Waals surface area (Å²) in [5.41, 5.74) is 1.30. The molecule has 29 heavy (non-hydrogen) atoms. The minimum Gasteiger partial charge on any atom is -0.347 e. The molecule has 1 aliphatic heterocycles. The number of carbonyl (C=O) groups excluding carboxylic acids is 1. The first-order valence-electron chi connectivity index (χ1n) is 9.22. The summed E-state index contributed by atoms with van der Waals surface area (Å²) < 4.78 is 29.6. The highest BCUT2D eigenvalue weighted by Gasteiger charge is 2.26. The van der Waals surface area contributed by atoms with Gasteiger partial charge in [0.25, 0.3) is 15.9 Å². The number of sulfonamides is 1. The zero-order chi connectivity index (χ0) is 20.6. The number of nitrogens with one attached hydrogen (secondary N) is 1. The SMILES string of the molecule is Cc1nc(-c2cc(S(=O)(=O)Nc3ccccn3)cn2C)sc1C(=O)N1CCCC1. The molecule has 4 heterocycles. The van der Waals surface area contributed by atoms with Gasteiger partial charge < -0.3 is 9.47 Å². The Bertz CT molecular complexity index is 1150. The van der Waals surface area contributed by atoms with Crippen LogP contribution in [0.4, 0.5) is 5.82 Å². The van der Waals surface area contributed by atoms with Crippen LogP contribution in [0.2, 0.25) is 0 Å². The van der Waals surface area contributed by atoms with E-state index in [1.807, 2.05) is 11.8 Å². The first kappa shape index (κ1) is 19.6. The van der Waals surface area contributed by atoms with Gasteiger partial charge in [0.1, 0.15) is 20.6 Å². The maximum absolute atomic E-state index is 12.7. The minimum absolute atomic E-state index is 0.00243. The Labute approximate surface area is 173 Å². The number of aromatic nitrogens is 3. The highest BCUT2D eigenvalue weighted by atomic mass is 32.2. The zero-order valence-electron chi connectivity index (χ0n) is 16.1. The van der Waals surface area contributed by atoms with Gasteiger partial charge in [-0.2, -0.15) is 0 Å². The molecule has 1 amide bonds. The standard InChI is InChI=1S/C19H21N5O3S2/c1-13-17(19(25)24-9-5-6-10-24)28-18(21-13)15-11-14(12-23(15)2)29(26,27)22-16-7-3-4-8-20-16/h3-4,7-8,11-12H,5-6,9-10H2,1-2H3,(H,20,22). The van der Waals surface area contributed by atoms with Gasteiger partial charge in [-0.3, -0.25) is 9.52 Å². The molecule has 1 fully saturated rings. The van der Waals surface area contributed by atoms with E-state index in [0.717, 1.165) is 25.9 Å². The summed E-state index contributed by atoms with van der Waals surface area (Å²) in [5, 5.41) is 0.617. The van der Waals surface area contributed by atoms with E-state index in [1.54, 1.807) is 35.9 Å². The van der Waals surface area contributed by atoms with Crippen LogP contribution in [-0.2, 0) is 17.1 Å². The predicted octanol–water partition coefficient (Wildman–Crippen LogP) is 2.89. The molecule has 1 saturated heterocycles. The van der Waals surface area contributed by atoms with E-state index in [1.165, 1.54) is 23.7 Å². The molecule has 0 saturated carbocycles. The molecule has 0 unspecified atom stereocenters. The van der Waals surface area contributed by atoms with Crippen molar-refractivity contribution < 1.29 is 13.2 Å². The Hall–Kier alpha value is -2.72. The highest BCUT2D eigenvalue weighted by molar-refractivity contribution is 7.92. The minimum atomic E-state index is -3.79. The fourth-order valence-electron chi connectivity index (χ4n) is 3.28. The Kier molecular flexibility index (Phi) is 5.13. The Morgan fingerprint density at radius 1 is 1.24 bits per heavy atom. The molecule has 3 aromatic rings. The van der Waals surface area contributed by atoms with E-state index < -0.39 is 10.0 Å². The second kappa shape index (κ2) is 7.60. The second-order valence-corrected chi connectivity index (χ2v) is 9.61. The topological polar surface area (TPSA) is 97.2 Å². The van der Waals surface area contributed by atoms with Gasteiger partial charge in [-0.05, 0) is 38.0 Å². The third kappa shape index (κ3) is 3.90. The fourth-order valence-corrected chi connectivity index (χ4v) is 5.45. The highest BCUT2D eigenvalue weighted by Crippen LogP contribution is 2.31. The van der Waals surface area contributed by atoms with Gasteiger partial charge >= 0.3 is 0 Å². The van der Waals surface area contributed by atoms with E-state index in [4.69, 9.17) is 0 Å². The van der Waals surface area contributed by atoms with Crippen molar-refractivity contribution in [3.63, 3.8) is 0 Å². The molecular formula is C19H21N5O3S2. The van der Waals surface area contributed by atoms with Crippen LogP contribution in [0.3, 0.4) is 0 Å². The van der Waals surface area contributed by atoms with Crippen molar-refractivity contribution in [3.05, 3.63) is 47.2 Å². The van der Waals surface area contributed by atoms with Crippen LogP contribution >= 0.6 is 11.3 Å². The van der Waals surface area contributed by atoms with Crippen LogP contribution in [0.15, 0.2) is 41.6 Å². The summed E-state index contributed by atoms with van der Waals surface area (Å²) in [7, 11) is -2.03. The van der Waals surface area contributed by atoms with Gasteiger partial charge in [-0.15, -0.1) is 11.3 Å². The summed E-state index contributed by atoms with van der Waals surface area (Å²) in [5.74, 6) is 0.254. The predicted molar refractivity (Wildman–Crippen MR) is 111 cm³/mol. The van der Waals surface area contributed by atoms with E-state index in [0.29, 0.717) is 21.3 Å². The summed E-state index contributed by atoms with van der Waals surface area (Å²) >= 11 is 1.30. The number of hydrogen-bond donors (Lipinski definition) is 1. The molecule has 0 aromatic carbocycles. The number of likely N-dealkylation sites (tertiary alicyclic amines) is 1. The lowest BCUT2D eigenvalue weighted by molar-refractivity contribution is 0.0796. The van der Waals surface area contributed by atoms with Crippen molar-refractivity contribution in [1.29, 1.82) is 0 Å². The van der Waals surface area contributed by atoms with Crippen LogP contribution in [0.1, 0.15) is 28.2 Å². The van der Waals surface area contributed by atoms with Crippen molar-refractivity contribution in [2.24, 2.45) is 7.05 Å². The normalized spacial score (nSPS) is 14.3. The van der Waals surface area contributed by atoms with Crippen LogP contribution in [0.25, 0.3) is 10.7 Å². The van der Waals surface area contributed by atoms with Crippen molar-refractivity contribution in [2.45, 2.75) is 24.7 Å². The van der Waals surface area contributed by atoms with E-state index in [2.05, 4.69) is 14.7 Å². The van der Waals surface area contributed by atoms with E-state index in [9.17, 15) is 13.2 Å². The van der Waals surface area contributed by atoms with Crippen molar-refractivity contribution >= 4 is 33.1 Å². The van der Waals surface area contributed by atoms with Crippen LogP contribution in [0.5, 0.6) is 0 Å².